The highest BCUT2D eigenvalue weighted by atomic mass is 35.5. The van der Waals surface area contributed by atoms with Gasteiger partial charge in [-0.3, -0.25) is 14.5 Å². The maximum absolute atomic E-state index is 13.6. The van der Waals surface area contributed by atoms with Crippen molar-refractivity contribution in [3.05, 3.63) is 71.3 Å². The van der Waals surface area contributed by atoms with Crippen LogP contribution >= 0.6 is 45.9 Å². The summed E-state index contributed by atoms with van der Waals surface area (Å²) in [5.74, 6) is -2.80. The molecule has 0 bridgehead atoms. The van der Waals surface area contributed by atoms with Crippen LogP contribution in [0.5, 0.6) is 0 Å². The van der Waals surface area contributed by atoms with E-state index in [2.05, 4.69) is 9.97 Å². The zero-order valence-electron chi connectivity index (χ0n) is 18.3. The molecule has 1 atom stereocenters. The Hall–Kier alpha value is -2.79. The van der Waals surface area contributed by atoms with Gasteiger partial charge < -0.3 is 9.84 Å². The molecular weight excluding hydrogens is 521 g/mol. The number of hydrogen-bond donors (Lipinski definition) is 1. The minimum atomic E-state index is -1.18. The van der Waals surface area contributed by atoms with Crippen LogP contribution in [0.2, 0.25) is 10.0 Å². The molecule has 0 fully saturated rings. The lowest BCUT2D eigenvalue weighted by molar-refractivity contribution is -0.117. The Labute approximate surface area is 212 Å². The van der Waals surface area contributed by atoms with Crippen molar-refractivity contribution < 1.29 is 24.2 Å². The van der Waals surface area contributed by atoms with Crippen LogP contribution in [-0.2, 0) is 9.53 Å². The van der Waals surface area contributed by atoms with E-state index >= 15 is 0 Å². The minimum absolute atomic E-state index is 0.0791. The average Bonchev–Trinajstić information content (AvgIpc) is 3.40. The molecule has 0 aliphatic carbocycles. The molecule has 0 radical (unpaired) electrons. The zero-order chi connectivity index (χ0) is 24.9. The van der Waals surface area contributed by atoms with Crippen molar-refractivity contribution in [1.82, 2.24) is 9.97 Å². The van der Waals surface area contributed by atoms with Crippen molar-refractivity contribution in [2.24, 2.45) is 0 Å². The Balaban J connectivity index is 1.95. The van der Waals surface area contributed by atoms with Crippen LogP contribution in [-0.4, -0.2) is 39.8 Å². The van der Waals surface area contributed by atoms with Crippen LogP contribution in [0.1, 0.15) is 47.3 Å². The van der Waals surface area contributed by atoms with Gasteiger partial charge in [-0.05, 0) is 32.9 Å². The summed E-state index contributed by atoms with van der Waals surface area (Å²) in [7, 11) is 1.23. The summed E-state index contributed by atoms with van der Waals surface area (Å²) in [6.45, 7) is 5.02. The predicted octanol–water partition coefficient (Wildman–Crippen LogP) is 5.40. The molecular formula is C22H17Cl2N3O5S2. The number of ketones is 1. The molecule has 176 valence electrons. The van der Waals surface area contributed by atoms with Gasteiger partial charge >= 0.3 is 5.97 Å². The van der Waals surface area contributed by atoms with Crippen molar-refractivity contribution in [3.8, 4) is 0 Å². The normalized spacial score (nSPS) is 15.9. The van der Waals surface area contributed by atoms with E-state index in [9.17, 15) is 19.5 Å². The summed E-state index contributed by atoms with van der Waals surface area (Å²) >= 11 is 15.0. The SMILES string of the molecule is COC(=O)c1sc(N2C(=O)C(O)=C(C(=O)c3sc(C)nc3C)C2c2c(Cl)cccc2Cl)nc1C. The van der Waals surface area contributed by atoms with Crippen LogP contribution in [0.4, 0.5) is 5.13 Å². The molecule has 2 aromatic heterocycles. The van der Waals surface area contributed by atoms with Crippen molar-refractivity contribution >= 4 is 68.7 Å². The third kappa shape index (κ3) is 3.90. The second kappa shape index (κ2) is 9.10. The molecule has 1 unspecified atom stereocenters. The number of hydrogen-bond acceptors (Lipinski definition) is 9. The van der Waals surface area contributed by atoms with Crippen LogP contribution in [0.15, 0.2) is 29.5 Å². The van der Waals surface area contributed by atoms with Gasteiger partial charge in [0.2, 0.25) is 5.78 Å². The lowest BCUT2D eigenvalue weighted by Gasteiger charge is -2.26. The van der Waals surface area contributed by atoms with Crippen molar-refractivity contribution in [2.45, 2.75) is 26.8 Å². The smallest absolute Gasteiger partial charge is 0.350 e. The number of amides is 1. The maximum Gasteiger partial charge on any atom is 0.350 e. The lowest BCUT2D eigenvalue weighted by atomic mass is 9.95. The quantitative estimate of drug-likeness (QED) is 0.342. The van der Waals surface area contributed by atoms with Gasteiger partial charge in [-0.2, -0.15) is 0 Å². The molecule has 0 saturated carbocycles. The highest BCUT2D eigenvalue weighted by molar-refractivity contribution is 7.17. The number of anilines is 1. The highest BCUT2D eigenvalue weighted by Crippen LogP contribution is 2.48. The first-order valence-electron chi connectivity index (χ1n) is 9.81. The largest absolute Gasteiger partial charge is 0.503 e. The molecule has 3 aromatic rings. The van der Waals surface area contributed by atoms with E-state index in [4.69, 9.17) is 27.9 Å². The average molecular weight is 538 g/mol. The fraction of sp³-hybridized carbons (Fsp3) is 0.227. The van der Waals surface area contributed by atoms with Gasteiger partial charge in [0.15, 0.2) is 10.9 Å². The number of ether oxygens (including phenoxy) is 1. The Morgan fingerprint density at radius 1 is 1.06 bits per heavy atom. The first kappa shape index (κ1) is 24.3. The molecule has 0 spiro atoms. The van der Waals surface area contributed by atoms with Gasteiger partial charge in [0, 0.05) is 15.6 Å². The number of carbonyl (C=O) groups is 3. The third-order valence-corrected chi connectivity index (χ3v) is 8.07. The van der Waals surface area contributed by atoms with Crippen molar-refractivity contribution in [3.63, 3.8) is 0 Å². The number of Topliss-reactive ketones (excluding diaryl/α,β-unsaturated/α-hetero) is 1. The Morgan fingerprint density at radius 2 is 1.68 bits per heavy atom. The molecule has 1 N–H and O–H groups in total. The molecule has 34 heavy (non-hydrogen) atoms. The van der Waals surface area contributed by atoms with E-state index in [0.717, 1.165) is 27.6 Å². The Bertz CT molecular complexity index is 1370. The second-order valence-electron chi connectivity index (χ2n) is 7.35. The minimum Gasteiger partial charge on any atom is -0.503 e. The maximum atomic E-state index is 13.6. The number of halogens is 2. The summed E-state index contributed by atoms with van der Waals surface area (Å²) in [5, 5.41) is 12.0. The molecule has 1 amide bonds. The topological polar surface area (TPSA) is 110 Å². The number of rotatable bonds is 5. The summed E-state index contributed by atoms with van der Waals surface area (Å²) < 4.78 is 4.79. The Morgan fingerprint density at radius 3 is 2.24 bits per heavy atom. The van der Waals surface area contributed by atoms with Crippen molar-refractivity contribution in [1.29, 1.82) is 0 Å². The number of carbonyl (C=O) groups excluding carboxylic acids is 3. The number of benzene rings is 1. The third-order valence-electron chi connectivity index (χ3n) is 5.20. The number of aryl methyl sites for hydroxylation is 3. The van der Waals surface area contributed by atoms with Gasteiger partial charge in [0.1, 0.15) is 10.9 Å². The van der Waals surface area contributed by atoms with E-state index in [1.807, 2.05) is 0 Å². The highest BCUT2D eigenvalue weighted by Gasteiger charge is 2.48. The van der Waals surface area contributed by atoms with Gasteiger partial charge in [-0.25, -0.2) is 14.8 Å². The summed E-state index contributed by atoms with van der Waals surface area (Å²) in [4.78, 5) is 49.3. The van der Waals surface area contributed by atoms with Gasteiger partial charge in [-0.15, -0.1) is 11.3 Å². The second-order valence-corrected chi connectivity index (χ2v) is 10.3. The van der Waals surface area contributed by atoms with Gasteiger partial charge in [0.25, 0.3) is 5.91 Å². The number of methoxy groups -OCH3 is 1. The zero-order valence-corrected chi connectivity index (χ0v) is 21.4. The van der Waals surface area contributed by atoms with E-state index in [1.54, 1.807) is 39.0 Å². The van der Waals surface area contributed by atoms with Crippen LogP contribution in [0.25, 0.3) is 0 Å². The number of aliphatic hydroxyl groups excluding tert-OH is 1. The summed E-state index contributed by atoms with van der Waals surface area (Å²) in [6.07, 6.45) is 0. The number of aliphatic hydroxyl groups is 1. The van der Waals surface area contributed by atoms with Crippen LogP contribution in [0, 0.1) is 20.8 Å². The number of thiazole rings is 2. The molecule has 0 saturated heterocycles. The first-order valence-corrected chi connectivity index (χ1v) is 12.2. The monoisotopic (exact) mass is 537 g/mol. The van der Waals surface area contributed by atoms with E-state index in [1.165, 1.54) is 7.11 Å². The molecule has 8 nitrogen and oxygen atoms in total. The molecule has 1 aliphatic heterocycles. The molecule has 1 aromatic carbocycles. The molecule has 4 rings (SSSR count). The fourth-order valence-electron chi connectivity index (χ4n) is 3.71. The number of esters is 1. The summed E-state index contributed by atoms with van der Waals surface area (Å²) in [5.41, 5.74) is 0.856. The van der Waals surface area contributed by atoms with Crippen LogP contribution < -0.4 is 4.90 Å². The standard InChI is InChI=1S/C22H17Cl2N3O5S2/c1-8-18(33-10(3)25-8)16(28)14-15(13-11(23)6-5-7-12(13)24)27(20(30)17(14)29)22-26-9(2)19(34-22)21(31)32-4/h5-7,15,29H,1-4H3. The molecule has 3 heterocycles. The lowest BCUT2D eigenvalue weighted by Crippen LogP contribution is -2.31. The molecule has 1 aliphatic rings. The van der Waals surface area contributed by atoms with E-state index < -0.39 is 29.5 Å². The fourth-order valence-corrected chi connectivity index (χ4v) is 6.20. The van der Waals surface area contributed by atoms with E-state index in [0.29, 0.717) is 16.4 Å². The summed E-state index contributed by atoms with van der Waals surface area (Å²) in [6, 6.07) is 3.58. The number of nitrogens with zero attached hydrogens (tertiary/aromatic N) is 3. The van der Waals surface area contributed by atoms with Gasteiger partial charge in [0.05, 0.1) is 34.0 Å². The Kier molecular flexibility index (Phi) is 6.52. The van der Waals surface area contributed by atoms with Gasteiger partial charge in [-0.1, -0.05) is 40.6 Å². The van der Waals surface area contributed by atoms with Crippen LogP contribution in [0.3, 0.4) is 0 Å². The number of aromatic nitrogens is 2. The predicted molar refractivity (Wildman–Crippen MR) is 130 cm³/mol. The van der Waals surface area contributed by atoms with E-state index in [-0.39, 0.29) is 36.1 Å². The first-order chi connectivity index (χ1) is 16.1. The molecule has 12 heteroatoms. The van der Waals surface area contributed by atoms with Crippen molar-refractivity contribution in [2.75, 3.05) is 12.0 Å².